The van der Waals surface area contributed by atoms with E-state index in [9.17, 15) is 18.4 Å². The molecule has 0 saturated carbocycles. The van der Waals surface area contributed by atoms with Crippen LogP contribution in [0.15, 0.2) is 66.7 Å². The van der Waals surface area contributed by atoms with Gasteiger partial charge < -0.3 is 10.6 Å². The van der Waals surface area contributed by atoms with Gasteiger partial charge >= 0.3 is 0 Å². The van der Waals surface area contributed by atoms with Gasteiger partial charge in [-0.1, -0.05) is 38.1 Å². The number of nitrogens with one attached hydrogen (secondary N) is 2. The average Bonchev–Trinajstić information content (AvgIpc) is 2.81. The first-order valence-corrected chi connectivity index (χ1v) is 10.8. The van der Waals surface area contributed by atoms with Crippen LogP contribution in [0.3, 0.4) is 0 Å². The Morgan fingerprint density at radius 3 is 2.12 bits per heavy atom. The zero-order valence-corrected chi connectivity index (χ0v) is 18.7. The summed E-state index contributed by atoms with van der Waals surface area (Å²) in [4.78, 5) is 27.3. The molecule has 33 heavy (non-hydrogen) atoms. The Kier molecular flexibility index (Phi) is 8.27. The topological polar surface area (TPSA) is 61.4 Å². The number of hydrogen-bond acceptors (Lipinski definition) is 3. The summed E-state index contributed by atoms with van der Waals surface area (Å²) in [5, 5.41) is 5.38. The molecular weight excluding hydrogens is 424 g/mol. The standard InChI is InChI=1S/C26H27F2N3O2/c1-3-31(4-2)17-20-8-6-5-7-19(20)16-29-25(32)21-13-23(28)15-24(14-21)30-26(33)18-9-11-22(27)12-10-18/h5-15H,3-4,16-17H2,1-2H3,(H,29,32)(H,30,33). The highest BCUT2D eigenvalue weighted by molar-refractivity contribution is 6.05. The van der Waals surface area contributed by atoms with Crippen LogP contribution in [0.4, 0.5) is 14.5 Å². The molecule has 3 aromatic rings. The van der Waals surface area contributed by atoms with Crippen molar-refractivity contribution in [2.75, 3.05) is 18.4 Å². The van der Waals surface area contributed by atoms with Crippen LogP contribution in [-0.2, 0) is 13.1 Å². The first-order chi connectivity index (χ1) is 15.9. The highest BCUT2D eigenvalue weighted by atomic mass is 19.1. The normalized spacial score (nSPS) is 10.8. The van der Waals surface area contributed by atoms with Crippen LogP contribution in [-0.4, -0.2) is 29.8 Å². The second kappa shape index (κ2) is 11.3. The number of anilines is 1. The predicted molar refractivity (Wildman–Crippen MR) is 125 cm³/mol. The lowest BCUT2D eigenvalue weighted by Crippen LogP contribution is -2.26. The van der Waals surface area contributed by atoms with Gasteiger partial charge in [0.2, 0.25) is 0 Å². The lowest BCUT2D eigenvalue weighted by atomic mass is 10.1. The van der Waals surface area contributed by atoms with Crippen LogP contribution < -0.4 is 10.6 Å². The lowest BCUT2D eigenvalue weighted by molar-refractivity contribution is 0.0949. The van der Waals surface area contributed by atoms with E-state index < -0.39 is 23.4 Å². The fourth-order valence-electron chi connectivity index (χ4n) is 3.45. The largest absolute Gasteiger partial charge is 0.348 e. The summed E-state index contributed by atoms with van der Waals surface area (Å²) in [5.41, 5.74) is 2.55. The molecule has 0 atom stereocenters. The third kappa shape index (κ3) is 6.70. The monoisotopic (exact) mass is 451 g/mol. The summed E-state index contributed by atoms with van der Waals surface area (Å²) in [6.45, 7) is 7.12. The summed E-state index contributed by atoms with van der Waals surface area (Å²) in [6, 6.07) is 16.5. The van der Waals surface area contributed by atoms with Gasteiger partial charge in [-0.15, -0.1) is 0 Å². The molecule has 0 fully saturated rings. The molecule has 0 spiro atoms. The van der Waals surface area contributed by atoms with Crippen molar-refractivity contribution in [1.82, 2.24) is 10.2 Å². The molecule has 0 aromatic heterocycles. The quantitative estimate of drug-likeness (QED) is 0.482. The molecule has 0 heterocycles. The maximum atomic E-state index is 14.2. The number of amides is 2. The Labute approximate surface area is 192 Å². The Morgan fingerprint density at radius 1 is 0.788 bits per heavy atom. The van der Waals surface area contributed by atoms with Gasteiger partial charge in [-0.3, -0.25) is 14.5 Å². The van der Waals surface area contributed by atoms with Gasteiger partial charge in [-0.05, 0) is 66.7 Å². The molecule has 0 aliphatic carbocycles. The van der Waals surface area contributed by atoms with Crippen molar-refractivity contribution in [2.24, 2.45) is 0 Å². The highest BCUT2D eigenvalue weighted by Gasteiger charge is 2.13. The second-order valence-electron chi connectivity index (χ2n) is 7.60. The Morgan fingerprint density at radius 2 is 1.45 bits per heavy atom. The number of hydrogen-bond donors (Lipinski definition) is 2. The van der Waals surface area contributed by atoms with Crippen LogP contribution in [0.1, 0.15) is 45.7 Å². The molecule has 0 unspecified atom stereocenters. The number of carbonyl (C=O) groups is 2. The SMILES string of the molecule is CCN(CC)Cc1ccccc1CNC(=O)c1cc(F)cc(NC(=O)c2ccc(F)cc2)c1. The minimum atomic E-state index is -0.654. The lowest BCUT2D eigenvalue weighted by Gasteiger charge is -2.20. The van der Waals surface area contributed by atoms with Crippen molar-refractivity contribution in [2.45, 2.75) is 26.9 Å². The van der Waals surface area contributed by atoms with E-state index in [1.54, 1.807) is 0 Å². The highest BCUT2D eigenvalue weighted by Crippen LogP contribution is 2.17. The van der Waals surface area contributed by atoms with E-state index in [0.29, 0.717) is 6.54 Å². The second-order valence-corrected chi connectivity index (χ2v) is 7.60. The van der Waals surface area contributed by atoms with Crippen molar-refractivity contribution < 1.29 is 18.4 Å². The molecule has 5 nitrogen and oxygen atoms in total. The van der Waals surface area contributed by atoms with Crippen LogP contribution in [0.25, 0.3) is 0 Å². The number of nitrogens with zero attached hydrogens (tertiary/aromatic N) is 1. The fourth-order valence-corrected chi connectivity index (χ4v) is 3.45. The molecular formula is C26H27F2N3O2. The molecule has 0 radical (unpaired) electrons. The molecule has 2 amide bonds. The van der Waals surface area contributed by atoms with Gasteiger partial charge in [-0.25, -0.2) is 8.78 Å². The van der Waals surface area contributed by atoms with Gasteiger partial charge in [0.1, 0.15) is 11.6 Å². The van der Waals surface area contributed by atoms with Crippen LogP contribution in [0, 0.1) is 11.6 Å². The van der Waals surface area contributed by atoms with Crippen molar-refractivity contribution in [3.05, 3.63) is 101 Å². The zero-order valence-electron chi connectivity index (χ0n) is 18.7. The molecule has 7 heteroatoms. The third-order valence-electron chi connectivity index (χ3n) is 5.37. The molecule has 3 rings (SSSR count). The van der Waals surface area contributed by atoms with E-state index in [2.05, 4.69) is 29.4 Å². The first-order valence-electron chi connectivity index (χ1n) is 10.8. The number of halogens is 2. The first kappa shape index (κ1) is 24.1. The maximum absolute atomic E-state index is 14.2. The molecule has 0 bridgehead atoms. The smallest absolute Gasteiger partial charge is 0.255 e. The van der Waals surface area contributed by atoms with Crippen LogP contribution in [0.5, 0.6) is 0 Å². The maximum Gasteiger partial charge on any atom is 0.255 e. The molecule has 2 N–H and O–H groups in total. The summed E-state index contributed by atoms with van der Waals surface area (Å²) in [7, 11) is 0. The van der Waals surface area contributed by atoms with Crippen molar-refractivity contribution >= 4 is 17.5 Å². The predicted octanol–water partition coefficient (Wildman–Crippen LogP) is 4.99. The summed E-state index contributed by atoms with van der Waals surface area (Å²) < 4.78 is 27.2. The van der Waals surface area contributed by atoms with E-state index in [0.717, 1.165) is 55.0 Å². The van der Waals surface area contributed by atoms with Crippen molar-refractivity contribution in [3.63, 3.8) is 0 Å². The van der Waals surface area contributed by atoms with Gasteiger partial charge in [0, 0.05) is 29.9 Å². The molecule has 3 aromatic carbocycles. The minimum absolute atomic E-state index is 0.0885. The average molecular weight is 452 g/mol. The molecule has 172 valence electrons. The van der Waals surface area contributed by atoms with Crippen molar-refractivity contribution in [1.29, 1.82) is 0 Å². The summed E-state index contributed by atoms with van der Waals surface area (Å²) in [5.74, 6) is -2.10. The van der Waals surface area contributed by atoms with Crippen LogP contribution in [0.2, 0.25) is 0 Å². The number of carbonyl (C=O) groups excluding carboxylic acids is 2. The van der Waals surface area contributed by atoms with Gasteiger partial charge in [0.15, 0.2) is 0 Å². The molecule has 0 aliphatic heterocycles. The minimum Gasteiger partial charge on any atom is -0.348 e. The Balaban J connectivity index is 1.69. The fraction of sp³-hybridized carbons (Fsp3) is 0.231. The molecule has 0 saturated heterocycles. The summed E-state index contributed by atoms with van der Waals surface area (Å²) in [6.07, 6.45) is 0. The van der Waals surface area contributed by atoms with Gasteiger partial charge in [0.05, 0.1) is 0 Å². The van der Waals surface area contributed by atoms with E-state index in [1.165, 1.54) is 18.2 Å². The van der Waals surface area contributed by atoms with E-state index >= 15 is 0 Å². The summed E-state index contributed by atoms with van der Waals surface area (Å²) >= 11 is 0. The third-order valence-corrected chi connectivity index (χ3v) is 5.37. The zero-order chi connectivity index (χ0) is 23.8. The molecule has 0 aliphatic rings. The Bertz CT molecular complexity index is 1110. The Hall–Kier alpha value is -3.58. The van der Waals surface area contributed by atoms with Crippen molar-refractivity contribution in [3.8, 4) is 0 Å². The van der Waals surface area contributed by atoms with Crippen LogP contribution >= 0.6 is 0 Å². The van der Waals surface area contributed by atoms with E-state index in [1.807, 2.05) is 24.3 Å². The number of benzene rings is 3. The van der Waals surface area contributed by atoms with Gasteiger partial charge in [0.25, 0.3) is 11.8 Å². The van der Waals surface area contributed by atoms with E-state index in [4.69, 9.17) is 0 Å². The number of rotatable bonds is 9. The van der Waals surface area contributed by atoms with Gasteiger partial charge in [-0.2, -0.15) is 0 Å². The van der Waals surface area contributed by atoms with E-state index in [-0.39, 0.29) is 16.8 Å².